The Morgan fingerprint density at radius 3 is 2.45 bits per heavy atom. The molecule has 5 N–H and O–H groups in total. The number of benzene rings is 1. The van der Waals surface area contributed by atoms with Gasteiger partial charge in [-0.05, 0) is 31.4 Å². The molecule has 1 unspecified atom stereocenters. The molecule has 1 aromatic rings. The van der Waals surface area contributed by atoms with Crippen molar-refractivity contribution in [1.82, 2.24) is 0 Å². The molecule has 1 aliphatic rings. The van der Waals surface area contributed by atoms with E-state index in [2.05, 4.69) is 0 Å². The van der Waals surface area contributed by atoms with Crippen molar-refractivity contribution >= 4 is 11.6 Å². The second-order valence-corrected chi connectivity index (χ2v) is 6.39. The largest absolute Gasteiger partial charge is 0.382 e. The zero-order chi connectivity index (χ0) is 16.1. The molecule has 0 heterocycles. The van der Waals surface area contributed by atoms with Gasteiger partial charge in [-0.15, -0.1) is 0 Å². The van der Waals surface area contributed by atoms with Crippen LogP contribution in [-0.2, 0) is 4.79 Å². The van der Waals surface area contributed by atoms with E-state index >= 15 is 0 Å². The number of nitrogens with zero attached hydrogens (tertiary/aromatic N) is 1. The number of carbonyl (C=O) groups is 1. The number of aliphatic hydroxyl groups excluding tert-OH is 1. The van der Waals surface area contributed by atoms with Crippen LogP contribution in [0.5, 0.6) is 0 Å². The number of amides is 1. The molecule has 122 valence electrons. The lowest BCUT2D eigenvalue weighted by atomic mass is 9.84. The van der Waals surface area contributed by atoms with Gasteiger partial charge in [-0.1, -0.05) is 49.8 Å². The molecule has 1 aliphatic carbocycles. The summed E-state index contributed by atoms with van der Waals surface area (Å²) in [6.45, 7) is 1.96. The van der Waals surface area contributed by atoms with Crippen molar-refractivity contribution in [3.8, 4) is 0 Å². The summed E-state index contributed by atoms with van der Waals surface area (Å²) in [5, 5.41) is 11.2. The van der Waals surface area contributed by atoms with Crippen LogP contribution in [0, 0.1) is 12.8 Å². The van der Waals surface area contributed by atoms with Crippen molar-refractivity contribution in [2.45, 2.75) is 57.6 Å². The molecule has 0 aliphatic heterocycles. The molecule has 22 heavy (non-hydrogen) atoms. The first-order valence-electron chi connectivity index (χ1n) is 8.08. The van der Waals surface area contributed by atoms with Crippen LogP contribution < -0.4 is 16.6 Å². The Bertz CT molecular complexity index is 483. The van der Waals surface area contributed by atoms with Gasteiger partial charge in [0.15, 0.2) is 0 Å². The Labute approximate surface area is 132 Å². The summed E-state index contributed by atoms with van der Waals surface area (Å²) in [7, 11) is 0. The van der Waals surface area contributed by atoms with E-state index in [-0.39, 0.29) is 0 Å². The standard InChI is InChI=1S/C17H27N3O2/c1-12-7-9-14(10-8-12)20(19)17(22)16(21)15(18)11-13-5-3-2-4-6-13/h7-10,13,15-16,21H,2-6,11,18-19H2,1H3/t15-,16?/m1/s1. The topological polar surface area (TPSA) is 92.6 Å². The van der Waals surface area contributed by atoms with Crippen LogP contribution in [0.2, 0.25) is 0 Å². The van der Waals surface area contributed by atoms with Crippen LogP contribution in [0.1, 0.15) is 44.1 Å². The number of aliphatic hydroxyl groups is 1. The summed E-state index contributed by atoms with van der Waals surface area (Å²) in [5.74, 6) is 5.79. The highest BCUT2D eigenvalue weighted by molar-refractivity contribution is 5.95. The number of anilines is 1. The van der Waals surface area contributed by atoms with E-state index in [0.717, 1.165) is 23.4 Å². The fourth-order valence-corrected chi connectivity index (χ4v) is 3.09. The molecular formula is C17H27N3O2. The summed E-state index contributed by atoms with van der Waals surface area (Å²) in [6.07, 6.45) is 5.40. The first-order chi connectivity index (χ1) is 10.5. The monoisotopic (exact) mass is 305 g/mol. The maximum absolute atomic E-state index is 12.3. The van der Waals surface area contributed by atoms with Crippen LogP contribution >= 0.6 is 0 Å². The number of nitrogens with two attached hydrogens (primary N) is 2. The molecule has 2 rings (SSSR count). The van der Waals surface area contributed by atoms with Gasteiger partial charge in [0.25, 0.3) is 5.91 Å². The van der Waals surface area contributed by atoms with E-state index in [1.807, 2.05) is 19.1 Å². The van der Waals surface area contributed by atoms with Gasteiger partial charge in [-0.3, -0.25) is 4.79 Å². The smallest absolute Gasteiger partial charge is 0.271 e. The van der Waals surface area contributed by atoms with E-state index in [1.165, 1.54) is 19.3 Å². The fraction of sp³-hybridized carbons (Fsp3) is 0.588. The maximum Gasteiger partial charge on any atom is 0.271 e. The fourth-order valence-electron chi connectivity index (χ4n) is 3.09. The average Bonchev–Trinajstić information content (AvgIpc) is 2.54. The summed E-state index contributed by atoms with van der Waals surface area (Å²) < 4.78 is 0. The summed E-state index contributed by atoms with van der Waals surface area (Å²) in [5.41, 5.74) is 7.67. The highest BCUT2D eigenvalue weighted by Gasteiger charge is 2.29. The lowest BCUT2D eigenvalue weighted by molar-refractivity contribution is -0.127. The minimum atomic E-state index is -1.26. The minimum Gasteiger partial charge on any atom is -0.382 e. The first kappa shape index (κ1) is 16.9. The van der Waals surface area contributed by atoms with E-state index in [0.29, 0.717) is 18.0 Å². The van der Waals surface area contributed by atoms with Crippen LogP contribution in [-0.4, -0.2) is 23.2 Å². The quantitative estimate of drug-likeness (QED) is 0.440. The molecule has 5 heteroatoms. The van der Waals surface area contributed by atoms with Crippen LogP contribution in [0.25, 0.3) is 0 Å². The van der Waals surface area contributed by atoms with Crippen molar-refractivity contribution in [1.29, 1.82) is 0 Å². The minimum absolute atomic E-state index is 0.511. The number of carbonyl (C=O) groups excluding carboxylic acids is 1. The van der Waals surface area contributed by atoms with Gasteiger partial charge in [0.05, 0.1) is 5.69 Å². The molecule has 0 radical (unpaired) electrons. The zero-order valence-electron chi connectivity index (χ0n) is 13.2. The molecule has 0 spiro atoms. The van der Waals surface area contributed by atoms with Gasteiger partial charge in [0.2, 0.25) is 0 Å². The lowest BCUT2D eigenvalue weighted by Gasteiger charge is -2.28. The van der Waals surface area contributed by atoms with Crippen molar-refractivity contribution in [2.75, 3.05) is 5.01 Å². The highest BCUT2D eigenvalue weighted by atomic mass is 16.3. The number of aryl methyl sites for hydroxylation is 1. The second kappa shape index (κ2) is 7.72. The van der Waals surface area contributed by atoms with Gasteiger partial charge in [-0.25, -0.2) is 10.9 Å². The third-order valence-electron chi connectivity index (χ3n) is 4.54. The molecule has 2 atom stereocenters. The molecule has 1 fully saturated rings. The number of hydrogen-bond acceptors (Lipinski definition) is 4. The normalized spacial score (nSPS) is 18.7. The maximum atomic E-state index is 12.3. The van der Waals surface area contributed by atoms with Crippen molar-refractivity contribution < 1.29 is 9.90 Å². The molecule has 5 nitrogen and oxygen atoms in total. The van der Waals surface area contributed by atoms with Gasteiger partial charge in [0, 0.05) is 6.04 Å². The number of hydrazine groups is 1. The predicted octanol–water partition coefficient (Wildman–Crippen LogP) is 1.86. The number of hydrogen-bond donors (Lipinski definition) is 3. The Kier molecular flexibility index (Phi) is 5.94. The Hall–Kier alpha value is -1.43. The van der Waals surface area contributed by atoms with Crippen molar-refractivity contribution in [3.63, 3.8) is 0 Å². The molecule has 1 saturated carbocycles. The third-order valence-corrected chi connectivity index (χ3v) is 4.54. The summed E-state index contributed by atoms with van der Waals surface area (Å²) >= 11 is 0. The molecule has 0 aromatic heterocycles. The molecule has 0 bridgehead atoms. The summed E-state index contributed by atoms with van der Waals surface area (Å²) in [4.78, 5) is 12.3. The van der Waals surface area contributed by atoms with E-state index in [4.69, 9.17) is 11.6 Å². The van der Waals surface area contributed by atoms with Gasteiger partial charge in [0.1, 0.15) is 6.10 Å². The Balaban J connectivity index is 1.93. The lowest BCUT2D eigenvalue weighted by Crippen LogP contribution is -2.51. The number of rotatable bonds is 5. The van der Waals surface area contributed by atoms with E-state index < -0.39 is 18.1 Å². The van der Waals surface area contributed by atoms with Crippen molar-refractivity contribution in [3.05, 3.63) is 29.8 Å². The molecule has 1 amide bonds. The van der Waals surface area contributed by atoms with Crippen LogP contribution in [0.15, 0.2) is 24.3 Å². The second-order valence-electron chi connectivity index (χ2n) is 6.39. The Morgan fingerprint density at radius 1 is 1.27 bits per heavy atom. The Morgan fingerprint density at radius 2 is 1.86 bits per heavy atom. The first-order valence-corrected chi connectivity index (χ1v) is 8.08. The van der Waals surface area contributed by atoms with Crippen molar-refractivity contribution in [2.24, 2.45) is 17.5 Å². The highest BCUT2D eigenvalue weighted by Crippen LogP contribution is 2.27. The van der Waals surface area contributed by atoms with Gasteiger partial charge >= 0.3 is 0 Å². The molecule has 0 saturated heterocycles. The van der Waals surface area contributed by atoms with E-state index in [9.17, 15) is 9.90 Å². The van der Waals surface area contributed by atoms with Crippen LogP contribution in [0.4, 0.5) is 5.69 Å². The van der Waals surface area contributed by atoms with E-state index in [1.54, 1.807) is 12.1 Å². The molecule has 1 aromatic carbocycles. The molecular weight excluding hydrogens is 278 g/mol. The van der Waals surface area contributed by atoms with Gasteiger partial charge < -0.3 is 10.8 Å². The zero-order valence-corrected chi connectivity index (χ0v) is 13.2. The summed E-state index contributed by atoms with van der Waals surface area (Å²) in [6, 6.07) is 6.69. The SMILES string of the molecule is Cc1ccc(N(N)C(=O)C(O)[C@H](N)CC2CCCCC2)cc1. The van der Waals surface area contributed by atoms with Gasteiger partial charge in [-0.2, -0.15) is 0 Å². The average molecular weight is 305 g/mol. The predicted molar refractivity (Wildman–Crippen MR) is 88.0 cm³/mol. The van der Waals surface area contributed by atoms with Crippen LogP contribution in [0.3, 0.4) is 0 Å². The third kappa shape index (κ3) is 4.29.